The zero-order valence-electron chi connectivity index (χ0n) is 21.8. The quantitative estimate of drug-likeness (QED) is 0.221. The number of carboxylic acid groups (broad SMARTS) is 1. The number of hydrogen-bond acceptors (Lipinski definition) is 5. The molecule has 40 heavy (non-hydrogen) atoms. The molecule has 9 heteroatoms. The van der Waals surface area contributed by atoms with Crippen LogP contribution in [0.5, 0.6) is 5.75 Å². The van der Waals surface area contributed by atoms with Crippen LogP contribution in [0.25, 0.3) is 33.7 Å². The molecule has 2 heterocycles. The number of carboxylic acids is 1. The lowest BCUT2D eigenvalue weighted by Crippen LogP contribution is -2.14. The summed E-state index contributed by atoms with van der Waals surface area (Å²) in [6.45, 7) is 1.85. The summed E-state index contributed by atoms with van der Waals surface area (Å²) < 4.78 is 32.0. The molecule has 0 saturated heterocycles. The van der Waals surface area contributed by atoms with Gasteiger partial charge in [0.1, 0.15) is 23.2 Å². The van der Waals surface area contributed by atoms with Gasteiger partial charge < -0.3 is 14.8 Å². The van der Waals surface area contributed by atoms with E-state index in [9.17, 15) is 19.4 Å². The SMILES string of the molecule is Cc1nc(-c2ccc(F)cc2)c(Cc2c(O)ccc(-c3nc4cc(C(=O)O)ccc4n3C3CCCCC3)c2F)s1. The van der Waals surface area contributed by atoms with Crippen LogP contribution >= 0.6 is 11.3 Å². The second-order valence-corrected chi connectivity index (χ2v) is 11.5. The van der Waals surface area contributed by atoms with E-state index in [1.807, 2.05) is 11.5 Å². The number of halogens is 2. The molecule has 204 valence electrons. The van der Waals surface area contributed by atoms with Crippen LogP contribution in [0.3, 0.4) is 0 Å². The van der Waals surface area contributed by atoms with Gasteiger partial charge in [0, 0.05) is 28.5 Å². The molecule has 1 aliphatic rings. The molecule has 5 aromatic rings. The van der Waals surface area contributed by atoms with E-state index in [1.54, 1.807) is 24.3 Å². The number of aryl methyl sites for hydroxylation is 1. The first kappa shape index (κ1) is 26.1. The van der Waals surface area contributed by atoms with Crippen LogP contribution in [0.1, 0.15) is 64.0 Å². The van der Waals surface area contributed by atoms with Crippen molar-refractivity contribution in [3.63, 3.8) is 0 Å². The maximum atomic E-state index is 16.4. The number of aromatic nitrogens is 3. The Morgan fingerprint density at radius 3 is 2.50 bits per heavy atom. The predicted octanol–water partition coefficient (Wildman–Crippen LogP) is 7.91. The highest BCUT2D eigenvalue weighted by molar-refractivity contribution is 7.12. The van der Waals surface area contributed by atoms with Gasteiger partial charge >= 0.3 is 5.97 Å². The second kappa shape index (κ2) is 10.5. The molecule has 0 bridgehead atoms. The number of nitrogens with zero attached hydrogens (tertiary/aromatic N) is 3. The minimum Gasteiger partial charge on any atom is -0.508 e. The predicted molar refractivity (Wildman–Crippen MR) is 151 cm³/mol. The number of imidazole rings is 1. The molecule has 0 spiro atoms. The maximum absolute atomic E-state index is 16.4. The smallest absolute Gasteiger partial charge is 0.335 e. The minimum atomic E-state index is -1.05. The number of thiazole rings is 1. The van der Waals surface area contributed by atoms with Crippen molar-refractivity contribution < 1.29 is 23.8 Å². The Hall–Kier alpha value is -4.11. The van der Waals surface area contributed by atoms with Crippen LogP contribution in [0.4, 0.5) is 8.78 Å². The van der Waals surface area contributed by atoms with E-state index in [0.717, 1.165) is 47.5 Å². The molecular formula is C31H27F2N3O3S. The summed E-state index contributed by atoms with van der Waals surface area (Å²) in [7, 11) is 0. The van der Waals surface area contributed by atoms with Crippen molar-refractivity contribution in [2.75, 3.05) is 0 Å². The van der Waals surface area contributed by atoms with E-state index in [4.69, 9.17) is 4.98 Å². The Morgan fingerprint density at radius 1 is 1.02 bits per heavy atom. The molecule has 1 fully saturated rings. The van der Waals surface area contributed by atoms with Crippen molar-refractivity contribution in [2.24, 2.45) is 0 Å². The molecule has 0 radical (unpaired) electrons. The third-order valence-electron chi connectivity index (χ3n) is 7.59. The average Bonchev–Trinajstić information content (AvgIpc) is 3.51. The Bertz CT molecular complexity index is 1740. The van der Waals surface area contributed by atoms with E-state index in [0.29, 0.717) is 22.6 Å². The fourth-order valence-electron chi connectivity index (χ4n) is 5.67. The highest BCUT2D eigenvalue weighted by Gasteiger charge is 2.27. The molecule has 6 rings (SSSR count). The summed E-state index contributed by atoms with van der Waals surface area (Å²) in [6, 6.07) is 13.9. The maximum Gasteiger partial charge on any atom is 0.335 e. The number of phenols is 1. The van der Waals surface area contributed by atoms with E-state index < -0.39 is 11.8 Å². The van der Waals surface area contributed by atoms with Crippen LogP contribution in [0.15, 0.2) is 54.6 Å². The molecule has 0 unspecified atom stereocenters. The van der Waals surface area contributed by atoms with Gasteiger partial charge in [-0.1, -0.05) is 19.3 Å². The molecule has 6 nitrogen and oxygen atoms in total. The van der Waals surface area contributed by atoms with Crippen LogP contribution in [-0.4, -0.2) is 30.7 Å². The van der Waals surface area contributed by atoms with E-state index in [2.05, 4.69) is 4.98 Å². The van der Waals surface area contributed by atoms with E-state index in [1.165, 1.54) is 41.7 Å². The molecular weight excluding hydrogens is 532 g/mol. The third-order valence-corrected chi connectivity index (χ3v) is 8.57. The Balaban J connectivity index is 1.48. The summed E-state index contributed by atoms with van der Waals surface area (Å²) >= 11 is 1.40. The fraction of sp³-hybridized carbons (Fsp3) is 0.258. The second-order valence-electron chi connectivity index (χ2n) is 10.2. The Labute approximate surface area is 233 Å². The average molecular weight is 560 g/mol. The van der Waals surface area contributed by atoms with Crippen molar-refractivity contribution in [3.05, 3.63) is 87.2 Å². The summed E-state index contributed by atoms with van der Waals surface area (Å²) in [4.78, 5) is 21.7. The first-order valence-corrected chi connectivity index (χ1v) is 14.1. The number of aromatic carboxylic acids is 1. The van der Waals surface area contributed by atoms with Crippen molar-refractivity contribution in [1.29, 1.82) is 0 Å². The summed E-state index contributed by atoms with van der Waals surface area (Å²) in [6.07, 6.45) is 5.19. The van der Waals surface area contributed by atoms with Gasteiger partial charge in [0.05, 0.1) is 32.9 Å². The molecule has 0 aliphatic heterocycles. The first-order chi connectivity index (χ1) is 19.3. The molecule has 0 atom stereocenters. The number of benzene rings is 3. The summed E-state index contributed by atoms with van der Waals surface area (Å²) in [5.41, 5.74) is 3.08. The van der Waals surface area contributed by atoms with Crippen LogP contribution in [0, 0.1) is 18.6 Å². The number of hydrogen-bond donors (Lipinski definition) is 2. The minimum absolute atomic E-state index is 0.0938. The van der Waals surface area contributed by atoms with Gasteiger partial charge in [-0.15, -0.1) is 11.3 Å². The van der Waals surface area contributed by atoms with Crippen molar-refractivity contribution in [2.45, 2.75) is 51.5 Å². The number of fused-ring (bicyclic) bond motifs is 1. The topological polar surface area (TPSA) is 88.2 Å². The molecule has 2 N–H and O–H groups in total. The monoisotopic (exact) mass is 559 g/mol. The normalized spacial score (nSPS) is 14.2. The van der Waals surface area contributed by atoms with Gasteiger partial charge in [-0.2, -0.15) is 0 Å². The standard InChI is InChI=1S/C31H27F2N3O3S/c1-17-34-29(18-7-10-20(32)11-8-18)27(40-17)16-23-26(37)14-12-22(28(23)33)30-35-24-15-19(31(38)39)9-13-25(24)36(30)21-5-3-2-4-6-21/h7-15,21,37H,2-6,16H2,1H3,(H,38,39). The van der Waals surface area contributed by atoms with Crippen LogP contribution in [-0.2, 0) is 6.42 Å². The van der Waals surface area contributed by atoms with Crippen molar-refractivity contribution in [1.82, 2.24) is 14.5 Å². The molecule has 1 saturated carbocycles. The Morgan fingerprint density at radius 2 is 1.77 bits per heavy atom. The summed E-state index contributed by atoms with van der Waals surface area (Å²) in [5, 5.41) is 21.1. The fourth-order valence-corrected chi connectivity index (χ4v) is 6.64. The van der Waals surface area contributed by atoms with Gasteiger partial charge in [-0.05, 0) is 74.4 Å². The van der Waals surface area contributed by atoms with Crippen molar-refractivity contribution in [3.8, 4) is 28.4 Å². The summed E-state index contributed by atoms with van der Waals surface area (Å²) in [5.74, 6) is -1.74. The van der Waals surface area contributed by atoms with Gasteiger partial charge in [-0.3, -0.25) is 0 Å². The largest absolute Gasteiger partial charge is 0.508 e. The zero-order valence-corrected chi connectivity index (χ0v) is 22.6. The number of carbonyl (C=O) groups is 1. The van der Waals surface area contributed by atoms with Gasteiger partial charge in [0.2, 0.25) is 0 Å². The lowest BCUT2D eigenvalue weighted by molar-refractivity contribution is 0.0697. The number of rotatable bonds is 6. The molecule has 2 aromatic heterocycles. The number of aromatic hydroxyl groups is 1. The zero-order chi connectivity index (χ0) is 28.0. The number of phenolic OH excluding ortho intramolecular Hbond substituents is 1. The van der Waals surface area contributed by atoms with Crippen LogP contribution < -0.4 is 0 Å². The lowest BCUT2D eigenvalue weighted by atomic mass is 9.94. The molecule has 0 amide bonds. The first-order valence-electron chi connectivity index (χ1n) is 13.3. The van der Waals surface area contributed by atoms with Crippen LogP contribution in [0.2, 0.25) is 0 Å². The highest BCUT2D eigenvalue weighted by atomic mass is 32.1. The third kappa shape index (κ3) is 4.75. The molecule has 1 aliphatic carbocycles. The van der Waals surface area contributed by atoms with Gasteiger partial charge in [-0.25, -0.2) is 23.5 Å². The molecule has 3 aromatic carbocycles. The van der Waals surface area contributed by atoms with Gasteiger partial charge in [0.15, 0.2) is 0 Å². The Kier molecular flexibility index (Phi) is 6.83. The van der Waals surface area contributed by atoms with Gasteiger partial charge in [0.25, 0.3) is 0 Å². The van der Waals surface area contributed by atoms with E-state index >= 15 is 4.39 Å². The lowest BCUT2D eigenvalue weighted by Gasteiger charge is -2.26. The van der Waals surface area contributed by atoms with E-state index in [-0.39, 0.29) is 40.7 Å². The van der Waals surface area contributed by atoms with Crippen molar-refractivity contribution >= 4 is 28.3 Å². The highest BCUT2D eigenvalue weighted by Crippen LogP contribution is 2.40.